The Labute approximate surface area is 120 Å². The maximum Gasteiger partial charge on any atom is 0.240 e. The molecule has 1 aromatic rings. The van der Waals surface area contributed by atoms with Crippen molar-refractivity contribution >= 4 is 10.0 Å². The molecule has 0 saturated heterocycles. The van der Waals surface area contributed by atoms with Gasteiger partial charge in [-0.15, -0.1) is 0 Å². The molecule has 0 fully saturated rings. The molecule has 0 heterocycles. The number of hydrogen-bond donors (Lipinski definition) is 1. The van der Waals surface area contributed by atoms with Crippen LogP contribution in [0.1, 0.15) is 36.8 Å². The van der Waals surface area contributed by atoms with Crippen molar-refractivity contribution in [2.24, 2.45) is 0 Å². The van der Waals surface area contributed by atoms with Gasteiger partial charge >= 0.3 is 0 Å². The van der Waals surface area contributed by atoms with Crippen LogP contribution >= 0.6 is 0 Å². The Kier molecular flexibility index (Phi) is 4.58. The predicted molar refractivity (Wildman–Crippen MR) is 77.6 cm³/mol. The normalized spacial score (nSPS) is 14.9. The second-order valence-electron chi connectivity index (χ2n) is 4.99. The van der Waals surface area contributed by atoms with Crippen molar-refractivity contribution in [3.63, 3.8) is 0 Å². The minimum absolute atomic E-state index is 0.247. The first-order valence-corrected chi connectivity index (χ1v) is 8.19. The van der Waals surface area contributed by atoms with E-state index in [1.54, 1.807) is 13.0 Å². The Morgan fingerprint density at radius 1 is 1.40 bits per heavy atom. The molecule has 1 aliphatic carbocycles. The third-order valence-corrected chi connectivity index (χ3v) is 5.09. The van der Waals surface area contributed by atoms with Gasteiger partial charge in [-0.1, -0.05) is 11.6 Å². The summed E-state index contributed by atoms with van der Waals surface area (Å²) >= 11 is 0. The minimum Gasteiger partial charge on any atom is -0.211 e. The zero-order valence-corrected chi connectivity index (χ0v) is 12.3. The predicted octanol–water partition coefficient (Wildman–Crippen LogP) is 2.65. The van der Waals surface area contributed by atoms with Gasteiger partial charge in [0.1, 0.15) is 0 Å². The van der Waals surface area contributed by atoms with Gasteiger partial charge in [-0.2, -0.15) is 5.26 Å². The molecule has 0 saturated carbocycles. The maximum absolute atomic E-state index is 12.2. The van der Waals surface area contributed by atoms with E-state index in [0.717, 1.165) is 19.3 Å². The number of nitrogens with zero attached hydrogens (tertiary/aromatic N) is 1. The van der Waals surface area contributed by atoms with Crippen LogP contribution in [0, 0.1) is 18.3 Å². The van der Waals surface area contributed by atoms with Crippen LogP contribution in [-0.4, -0.2) is 15.0 Å². The van der Waals surface area contributed by atoms with Gasteiger partial charge in [0.25, 0.3) is 0 Å². The van der Waals surface area contributed by atoms with Crippen LogP contribution < -0.4 is 4.72 Å². The van der Waals surface area contributed by atoms with E-state index in [2.05, 4.69) is 10.8 Å². The van der Waals surface area contributed by atoms with E-state index in [9.17, 15) is 8.42 Å². The Morgan fingerprint density at radius 3 is 2.80 bits per heavy atom. The zero-order valence-electron chi connectivity index (χ0n) is 11.5. The molecule has 0 aromatic heterocycles. The lowest BCUT2D eigenvalue weighted by atomic mass is 10.2. The first-order valence-electron chi connectivity index (χ1n) is 6.71. The number of nitrogens with one attached hydrogen (secondary N) is 1. The average molecular weight is 290 g/mol. The van der Waals surface area contributed by atoms with Gasteiger partial charge in [0, 0.05) is 6.54 Å². The highest BCUT2D eigenvalue weighted by Gasteiger charge is 2.16. The molecule has 0 radical (unpaired) electrons. The topological polar surface area (TPSA) is 70.0 Å². The number of aryl methyl sites for hydroxylation is 1. The van der Waals surface area contributed by atoms with E-state index < -0.39 is 10.0 Å². The summed E-state index contributed by atoms with van der Waals surface area (Å²) < 4.78 is 27.1. The largest absolute Gasteiger partial charge is 0.240 e. The first kappa shape index (κ1) is 14.8. The fraction of sp³-hybridized carbons (Fsp3) is 0.400. The van der Waals surface area contributed by atoms with E-state index in [0.29, 0.717) is 17.7 Å². The summed E-state index contributed by atoms with van der Waals surface area (Å²) in [6, 6.07) is 6.62. The molecule has 0 spiro atoms. The highest BCUT2D eigenvalue weighted by atomic mass is 32.2. The van der Waals surface area contributed by atoms with Crippen LogP contribution in [-0.2, 0) is 10.0 Å². The lowest BCUT2D eigenvalue weighted by Crippen LogP contribution is -2.25. The van der Waals surface area contributed by atoms with E-state index in [1.807, 2.05) is 6.07 Å². The Hall–Kier alpha value is -1.64. The summed E-state index contributed by atoms with van der Waals surface area (Å²) in [5, 5.41) is 8.80. The number of rotatable bonds is 5. The van der Waals surface area contributed by atoms with Crippen LogP contribution in [0.4, 0.5) is 0 Å². The highest BCUT2D eigenvalue weighted by Crippen LogP contribution is 2.20. The van der Waals surface area contributed by atoms with Gasteiger partial charge in [0.15, 0.2) is 0 Å². The van der Waals surface area contributed by atoms with E-state index in [1.165, 1.54) is 24.1 Å². The van der Waals surface area contributed by atoms with Crippen molar-refractivity contribution in [1.29, 1.82) is 5.26 Å². The summed E-state index contributed by atoms with van der Waals surface area (Å²) in [6.45, 7) is 2.13. The molecule has 0 aliphatic heterocycles. The Balaban J connectivity index is 2.04. The van der Waals surface area contributed by atoms with Crippen LogP contribution in [0.5, 0.6) is 0 Å². The number of allylic oxidation sites excluding steroid dienone is 1. The SMILES string of the molecule is Cc1cc(C#N)ccc1S(=O)(=O)NCCC1=CCCC1. The van der Waals surface area contributed by atoms with Crippen molar-refractivity contribution < 1.29 is 8.42 Å². The van der Waals surface area contributed by atoms with Crippen LogP contribution in [0.15, 0.2) is 34.7 Å². The Bertz CT molecular complexity index is 670. The molecular weight excluding hydrogens is 272 g/mol. The standard InChI is InChI=1S/C15H18N2O2S/c1-12-10-14(11-16)6-7-15(12)20(18,19)17-9-8-13-4-2-3-5-13/h4,6-7,10,17H,2-3,5,8-9H2,1H3. The van der Waals surface area contributed by atoms with Crippen molar-refractivity contribution in [2.45, 2.75) is 37.5 Å². The van der Waals surface area contributed by atoms with Gasteiger partial charge in [-0.05, 0) is 56.4 Å². The molecular formula is C15H18N2O2S. The molecule has 2 rings (SSSR count). The molecule has 0 atom stereocenters. The van der Waals surface area contributed by atoms with Crippen molar-refractivity contribution in [3.8, 4) is 6.07 Å². The second kappa shape index (κ2) is 6.21. The number of benzene rings is 1. The average Bonchev–Trinajstić information content (AvgIpc) is 2.91. The molecule has 106 valence electrons. The van der Waals surface area contributed by atoms with Crippen molar-refractivity contribution in [3.05, 3.63) is 41.0 Å². The summed E-state index contributed by atoms with van der Waals surface area (Å²) in [6.07, 6.45) is 6.33. The fourth-order valence-electron chi connectivity index (χ4n) is 2.41. The minimum atomic E-state index is -3.49. The second-order valence-corrected chi connectivity index (χ2v) is 6.73. The zero-order chi connectivity index (χ0) is 14.6. The molecule has 1 aliphatic rings. The molecule has 1 aromatic carbocycles. The monoisotopic (exact) mass is 290 g/mol. The van der Waals surface area contributed by atoms with Gasteiger partial charge in [-0.3, -0.25) is 0 Å². The third-order valence-electron chi connectivity index (χ3n) is 3.47. The molecule has 1 N–H and O–H groups in total. The first-order chi connectivity index (χ1) is 9.53. The quantitative estimate of drug-likeness (QED) is 0.847. The molecule has 5 heteroatoms. The molecule has 0 amide bonds. The molecule has 0 bridgehead atoms. The van der Waals surface area contributed by atoms with Gasteiger partial charge < -0.3 is 0 Å². The maximum atomic E-state index is 12.2. The summed E-state index contributed by atoms with van der Waals surface area (Å²) in [4.78, 5) is 0.247. The highest BCUT2D eigenvalue weighted by molar-refractivity contribution is 7.89. The van der Waals surface area contributed by atoms with Crippen molar-refractivity contribution in [2.75, 3.05) is 6.54 Å². The number of sulfonamides is 1. The smallest absolute Gasteiger partial charge is 0.211 e. The Morgan fingerprint density at radius 2 is 2.20 bits per heavy atom. The lowest BCUT2D eigenvalue weighted by molar-refractivity contribution is 0.580. The van der Waals surface area contributed by atoms with Crippen LogP contribution in [0.3, 0.4) is 0 Å². The third kappa shape index (κ3) is 3.47. The van der Waals surface area contributed by atoms with Crippen LogP contribution in [0.25, 0.3) is 0 Å². The summed E-state index contributed by atoms with van der Waals surface area (Å²) in [7, 11) is -3.49. The number of hydrogen-bond acceptors (Lipinski definition) is 3. The summed E-state index contributed by atoms with van der Waals surface area (Å²) in [5.74, 6) is 0. The van der Waals surface area contributed by atoms with E-state index in [4.69, 9.17) is 5.26 Å². The van der Waals surface area contributed by atoms with Gasteiger partial charge in [0.2, 0.25) is 10.0 Å². The molecule has 20 heavy (non-hydrogen) atoms. The molecule has 4 nitrogen and oxygen atoms in total. The molecule has 0 unspecified atom stereocenters. The fourth-order valence-corrected chi connectivity index (χ4v) is 3.66. The van der Waals surface area contributed by atoms with Crippen LogP contribution in [0.2, 0.25) is 0 Å². The number of nitriles is 1. The lowest BCUT2D eigenvalue weighted by Gasteiger charge is -2.09. The van der Waals surface area contributed by atoms with Crippen molar-refractivity contribution in [1.82, 2.24) is 4.72 Å². The van der Waals surface area contributed by atoms with Gasteiger partial charge in [0.05, 0.1) is 16.5 Å². The van der Waals surface area contributed by atoms with E-state index >= 15 is 0 Å². The summed E-state index contributed by atoms with van der Waals surface area (Å²) in [5.41, 5.74) is 2.40. The van der Waals surface area contributed by atoms with Gasteiger partial charge in [-0.25, -0.2) is 13.1 Å². The van der Waals surface area contributed by atoms with E-state index in [-0.39, 0.29) is 4.90 Å².